The Morgan fingerprint density at radius 3 is 1.90 bits per heavy atom. The molecule has 0 amide bonds. The maximum absolute atomic E-state index is 10.4. The number of carbonyl (C=O) groups excluding carboxylic acids is 2. The second kappa shape index (κ2) is 14.4. The molecular weight excluding hydrogens is 256 g/mol. The molecule has 0 rings (SSSR count). The third-order valence-electron chi connectivity index (χ3n) is 3.01. The van der Waals surface area contributed by atoms with Crippen molar-refractivity contribution in [2.24, 2.45) is 5.92 Å². The van der Waals surface area contributed by atoms with Crippen LogP contribution < -0.4 is 0 Å². The minimum atomic E-state index is -0.177. The van der Waals surface area contributed by atoms with Crippen LogP contribution in [0.1, 0.15) is 73.6 Å². The molecule has 0 aromatic carbocycles. The first-order valence-corrected chi connectivity index (χ1v) is 7.67. The second-order valence-electron chi connectivity index (χ2n) is 5.05. The number of carbonyl (C=O) groups is 2. The zero-order chi connectivity index (χ0) is 16.0. The van der Waals surface area contributed by atoms with Gasteiger partial charge in [-0.05, 0) is 19.3 Å². The Hall–Kier alpha value is -1.06. The lowest BCUT2D eigenvalue weighted by Gasteiger charge is -2.10. The van der Waals surface area contributed by atoms with Crippen molar-refractivity contribution in [2.75, 3.05) is 6.61 Å². The molecule has 20 heavy (non-hydrogen) atoms. The van der Waals surface area contributed by atoms with Crippen LogP contribution in [0.15, 0.2) is 0 Å². The first-order chi connectivity index (χ1) is 9.37. The summed E-state index contributed by atoms with van der Waals surface area (Å²) in [4.78, 5) is 20.8. The van der Waals surface area contributed by atoms with Gasteiger partial charge in [-0.15, -0.1) is 0 Å². The van der Waals surface area contributed by atoms with Gasteiger partial charge in [0.15, 0.2) is 0 Å². The van der Waals surface area contributed by atoms with Gasteiger partial charge < -0.3 is 9.47 Å². The van der Waals surface area contributed by atoms with Crippen molar-refractivity contribution in [3.63, 3.8) is 0 Å². The number of unbranched alkanes of at least 4 members (excludes halogenated alkanes) is 1. The van der Waals surface area contributed by atoms with Gasteiger partial charge in [0.1, 0.15) is 0 Å². The Bertz CT molecular complexity index is 247. The highest BCUT2D eigenvalue weighted by atomic mass is 16.5. The molecule has 120 valence electrons. The van der Waals surface area contributed by atoms with Gasteiger partial charge in [0.2, 0.25) is 0 Å². The van der Waals surface area contributed by atoms with E-state index in [1.54, 1.807) is 0 Å². The highest BCUT2D eigenvalue weighted by Gasteiger charge is 2.04. The molecule has 0 aliphatic heterocycles. The molecule has 0 aliphatic rings. The summed E-state index contributed by atoms with van der Waals surface area (Å²) in [5.41, 5.74) is 0. The average Bonchev–Trinajstić information content (AvgIpc) is 2.37. The first-order valence-electron chi connectivity index (χ1n) is 7.67. The van der Waals surface area contributed by atoms with Crippen LogP contribution in [0.3, 0.4) is 0 Å². The van der Waals surface area contributed by atoms with Crippen LogP contribution in [0.2, 0.25) is 0 Å². The molecule has 0 aromatic heterocycles. The van der Waals surface area contributed by atoms with Gasteiger partial charge >= 0.3 is 11.9 Å². The highest BCUT2D eigenvalue weighted by molar-refractivity contribution is 5.66. The maximum atomic E-state index is 10.4. The molecule has 4 nitrogen and oxygen atoms in total. The Morgan fingerprint density at radius 1 is 1.00 bits per heavy atom. The van der Waals surface area contributed by atoms with E-state index in [-0.39, 0.29) is 18.0 Å². The van der Waals surface area contributed by atoms with Crippen LogP contribution >= 0.6 is 0 Å². The van der Waals surface area contributed by atoms with Crippen molar-refractivity contribution in [3.8, 4) is 0 Å². The number of hydrogen-bond donors (Lipinski definition) is 0. The van der Waals surface area contributed by atoms with Gasteiger partial charge in [-0.1, -0.05) is 46.5 Å². The van der Waals surface area contributed by atoms with Gasteiger partial charge in [-0.3, -0.25) is 9.59 Å². The molecule has 0 fully saturated rings. The van der Waals surface area contributed by atoms with E-state index in [9.17, 15) is 9.59 Å². The van der Waals surface area contributed by atoms with E-state index in [1.807, 2.05) is 6.92 Å². The largest absolute Gasteiger partial charge is 0.466 e. The smallest absolute Gasteiger partial charge is 0.302 e. The summed E-state index contributed by atoms with van der Waals surface area (Å²) < 4.78 is 9.76. The third-order valence-corrected chi connectivity index (χ3v) is 3.01. The van der Waals surface area contributed by atoms with Crippen LogP contribution in [0, 0.1) is 5.92 Å². The van der Waals surface area contributed by atoms with Crippen LogP contribution in [-0.2, 0) is 19.1 Å². The fourth-order valence-corrected chi connectivity index (χ4v) is 1.59. The van der Waals surface area contributed by atoms with Crippen LogP contribution in [-0.4, -0.2) is 24.6 Å². The van der Waals surface area contributed by atoms with Crippen LogP contribution in [0.5, 0.6) is 0 Å². The lowest BCUT2D eigenvalue weighted by atomic mass is 10.1. The zero-order valence-corrected chi connectivity index (χ0v) is 14.0. The summed E-state index contributed by atoms with van der Waals surface area (Å²) in [5.74, 6) is 0.194. The Morgan fingerprint density at radius 2 is 1.55 bits per heavy atom. The molecule has 0 heterocycles. The number of hydrogen-bond acceptors (Lipinski definition) is 4. The summed E-state index contributed by atoms with van der Waals surface area (Å²) in [5, 5.41) is 0. The van der Waals surface area contributed by atoms with Crippen molar-refractivity contribution in [3.05, 3.63) is 0 Å². The lowest BCUT2D eigenvalue weighted by molar-refractivity contribution is -0.146. The lowest BCUT2D eigenvalue weighted by Crippen LogP contribution is -2.11. The molecule has 0 bridgehead atoms. The third kappa shape index (κ3) is 16.9. The van der Waals surface area contributed by atoms with E-state index in [4.69, 9.17) is 9.47 Å². The average molecular weight is 288 g/mol. The van der Waals surface area contributed by atoms with Crippen molar-refractivity contribution in [2.45, 2.75) is 79.8 Å². The summed E-state index contributed by atoms with van der Waals surface area (Å²) in [7, 11) is 0. The molecular formula is C16H32O4. The van der Waals surface area contributed by atoms with Crippen molar-refractivity contribution >= 4 is 11.9 Å². The number of ether oxygens (including phenoxy) is 2. The fourth-order valence-electron chi connectivity index (χ4n) is 1.59. The first kappa shape index (κ1) is 21.2. The molecule has 0 spiro atoms. The van der Waals surface area contributed by atoms with Crippen molar-refractivity contribution in [1.29, 1.82) is 0 Å². The van der Waals surface area contributed by atoms with Gasteiger partial charge in [-0.2, -0.15) is 0 Å². The van der Waals surface area contributed by atoms with Gasteiger partial charge in [0.25, 0.3) is 0 Å². The van der Waals surface area contributed by atoms with Crippen LogP contribution in [0.25, 0.3) is 0 Å². The molecule has 1 atom stereocenters. The minimum Gasteiger partial charge on any atom is -0.466 e. The highest BCUT2D eigenvalue weighted by Crippen LogP contribution is 2.07. The molecule has 0 saturated heterocycles. The van der Waals surface area contributed by atoms with Gasteiger partial charge in [-0.25, -0.2) is 0 Å². The molecule has 0 saturated carbocycles. The molecule has 0 N–H and O–H groups in total. The standard InChI is InChI=1S/2C8H16O2/c1-4-5-6-7(2)10-8(3)9;1-4-8(5-2)6-10-7(3)9/h7H,4-6H2,1-3H3;8H,4-6H2,1-3H3. The van der Waals surface area contributed by atoms with E-state index in [2.05, 4.69) is 20.8 Å². The summed E-state index contributed by atoms with van der Waals surface area (Å²) >= 11 is 0. The van der Waals surface area contributed by atoms with Gasteiger partial charge in [0.05, 0.1) is 12.7 Å². The molecule has 0 aromatic rings. The second-order valence-corrected chi connectivity index (χ2v) is 5.05. The molecule has 0 radical (unpaired) electrons. The zero-order valence-electron chi connectivity index (χ0n) is 14.0. The van der Waals surface area contributed by atoms with E-state index >= 15 is 0 Å². The normalized spacial score (nSPS) is 11.3. The SMILES string of the molecule is CCC(CC)COC(C)=O.CCCCC(C)OC(C)=O. The molecule has 0 aliphatic carbocycles. The summed E-state index contributed by atoms with van der Waals surface area (Å²) in [6.07, 6.45) is 5.54. The topological polar surface area (TPSA) is 52.6 Å². The monoisotopic (exact) mass is 288 g/mol. The summed E-state index contributed by atoms with van der Waals surface area (Å²) in [6, 6.07) is 0. The number of esters is 2. The number of rotatable bonds is 8. The fraction of sp³-hybridized carbons (Fsp3) is 0.875. The van der Waals surface area contributed by atoms with Crippen molar-refractivity contribution < 1.29 is 19.1 Å². The molecule has 1 unspecified atom stereocenters. The minimum absolute atomic E-state index is 0.0949. The van der Waals surface area contributed by atoms with E-state index < -0.39 is 0 Å². The Labute approximate surface area is 124 Å². The molecule has 4 heteroatoms. The van der Waals surface area contributed by atoms with E-state index in [0.717, 1.165) is 32.1 Å². The van der Waals surface area contributed by atoms with Crippen LogP contribution in [0.4, 0.5) is 0 Å². The Kier molecular flexibility index (Phi) is 15.2. The quantitative estimate of drug-likeness (QED) is 0.631. The van der Waals surface area contributed by atoms with E-state index in [1.165, 1.54) is 13.8 Å². The van der Waals surface area contributed by atoms with Crippen molar-refractivity contribution in [1.82, 2.24) is 0 Å². The maximum Gasteiger partial charge on any atom is 0.302 e. The van der Waals surface area contributed by atoms with E-state index in [0.29, 0.717) is 12.5 Å². The summed E-state index contributed by atoms with van der Waals surface area (Å²) in [6.45, 7) is 11.8. The van der Waals surface area contributed by atoms with Gasteiger partial charge in [0, 0.05) is 13.8 Å². The Balaban J connectivity index is 0. The predicted octanol–water partition coefficient (Wildman–Crippen LogP) is 4.11. The predicted molar refractivity (Wildman–Crippen MR) is 81.5 cm³/mol.